The molecule has 0 bridgehead atoms. The molecule has 3 atom stereocenters. The second-order valence-electron chi connectivity index (χ2n) is 5.21. The first-order valence-corrected chi connectivity index (χ1v) is 7.31. The van der Waals surface area contributed by atoms with Crippen molar-refractivity contribution in [2.24, 2.45) is 0 Å². The summed E-state index contributed by atoms with van der Waals surface area (Å²) in [5.41, 5.74) is 4.96. The number of aliphatic hydroxyl groups is 1. The average molecular weight is 307 g/mol. The zero-order chi connectivity index (χ0) is 15.9. The van der Waals surface area contributed by atoms with Gasteiger partial charge >= 0.3 is 5.69 Å². The van der Waals surface area contributed by atoms with Gasteiger partial charge in [0.1, 0.15) is 18.1 Å². The maximum Gasteiger partial charge on any atom is 0.351 e. The first-order valence-electron chi connectivity index (χ1n) is 7.31. The normalized spacial score (nSPS) is 24.3. The molecule has 120 valence electrons. The molecule has 1 aromatic heterocycles. The molecule has 0 aliphatic carbocycles. The number of hydrogen-bond donors (Lipinski definition) is 2. The van der Waals surface area contributed by atoms with Crippen molar-refractivity contribution >= 4 is 5.82 Å². The number of rotatable bonds is 7. The van der Waals surface area contributed by atoms with Crippen LogP contribution in [0.4, 0.5) is 5.82 Å². The Kier molecular flexibility index (Phi) is 5.95. The van der Waals surface area contributed by atoms with Crippen molar-refractivity contribution in [1.29, 1.82) is 0 Å². The van der Waals surface area contributed by atoms with E-state index in [0.717, 1.165) is 19.3 Å². The molecular weight excluding hydrogens is 286 g/mol. The first kappa shape index (κ1) is 16.5. The Morgan fingerprint density at radius 2 is 2.41 bits per heavy atom. The Hall–Kier alpha value is -1.88. The van der Waals surface area contributed by atoms with E-state index in [-0.39, 0.29) is 12.4 Å². The summed E-state index contributed by atoms with van der Waals surface area (Å²) in [6.07, 6.45) is 7.84. The molecule has 2 heterocycles. The Morgan fingerprint density at radius 1 is 1.59 bits per heavy atom. The van der Waals surface area contributed by atoms with Gasteiger partial charge in [-0.2, -0.15) is 4.98 Å². The van der Waals surface area contributed by atoms with Gasteiger partial charge in [-0.25, -0.2) is 4.79 Å². The minimum atomic E-state index is -0.680. The quantitative estimate of drug-likeness (QED) is 0.555. The summed E-state index contributed by atoms with van der Waals surface area (Å²) in [6, 6.07) is 1.52. The lowest BCUT2D eigenvalue weighted by atomic mass is 10.2. The number of nitrogen functional groups attached to an aromatic ring is 1. The predicted molar refractivity (Wildman–Crippen MR) is 80.9 cm³/mol. The SMILES string of the molecule is C#CCCCCOC[C@H]1O[C@@H](n2ccc(N)nc2=O)C[C@@H]1O. The molecule has 1 saturated heterocycles. The Bertz CT molecular complexity index is 581. The summed E-state index contributed by atoms with van der Waals surface area (Å²) in [6.45, 7) is 0.854. The summed E-state index contributed by atoms with van der Waals surface area (Å²) in [7, 11) is 0. The number of aliphatic hydroxyl groups excluding tert-OH is 1. The number of unbranched alkanes of at least 4 members (excludes halogenated alkanes) is 2. The molecule has 1 aliphatic rings. The van der Waals surface area contributed by atoms with Crippen molar-refractivity contribution in [3.63, 3.8) is 0 Å². The molecule has 7 heteroatoms. The van der Waals surface area contributed by atoms with Crippen LogP contribution in [0.2, 0.25) is 0 Å². The van der Waals surface area contributed by atoms with Gasteiger partial charge in [0.25, 0.3) is 0 Å². The molecule has 3 N–H and O–H groups in total. The fourth-order valence-electron chi connectivity index (χ4n) is 2.31. The highest BCUT2D eigenvalue weighted by Crippen LogP contribution is 2.27. The molecule has 0 spiro atoms. The molecule has 0 aromatic carbocycles. The molecule has 0 unspecified atom stereocenters. The van der Waals surface area contributed by atoms with E-state index in [4.69, 9.17) is 21.6 Å². The molecule has 1 fully saturated rings. The number of terminal acetylenes is 1. The average Bonchev–Trinajstić information content (AvgIpc) is 2.83. The van der Waals surface area contributed by atoms with Gasteiger partial charge in [-0.1, -0.05) is 0 Å². The van der Waals surface area contributed by atoms with Crippen LogP contribution >= 0.6 is 0 Å². The monoisotopic (exact) mass is 307 g/mol. The number of ether oxygens (including phenoxy) is 2. The van der Waals surface area contributed by atoms with Gasteiger partial charge in [0, 0.05) is 25.6 Å². The molecule has 0 saturated carbocycles. The Balaban J connectivity index is 1.82. The number of hydrogen-bond acceptors (Lipinski definition) is 6. The molecule has 2 rings (SSSR count). The van der Waals surface area contributed by atoms with Crippen LogP contribution in [-0.4, -0.2) is 40.1 Å². The third-order valence-corrected chi connectivity index (χ3v) is 3.51. The van der Waals surface area contributed by atoms with Crippen LogP contribution in [0.15, 0.2) is 17.1 Å². The van der Waals surface area contributed by atoms with Crippen LogP contribution < -0.4 is 11.4 Å². The zero-order valence-corrected chi connectivity index (χ0v) is 12.4. The minimum absolute atomic E-state index is 0.159. The van der Waals surface area contributed by atoms with Gasteiger partial charge in [-0.3, -0.25) is 4.57 Å². The summed E-state index contributed by atoms with van der Waals surface area (Å²) in [5.74, 6) is 2.73. The molecular formula is C15H21N3O4. The van der Waals surface area contributed by atoms with E-state index in [9.17, 15) is 9.90 Å². The summed E-state index contributed by atoms with van der Waals surface area (Å²) < 4.78 is 12.5. The first-order chi connectivity index (χ1) is 10.6. The van der Waals surface area contributed by atoms with Crippen molar-refractivity contribution in [2.75, 3.05) is 18.9 Å². The van der Waals surface area contributed by atoms with Crippen LogP contribution in [0.1, 0.15) is 31.9 Å². The highest BCUT2D eigenvalue weighted by molar-refractivity contribution is 5.23. The topological polar surface area (TPSA) is 99.6 Å². The third-order valence-electron chi connectivity index (χ3n) is 3.51. The lowest BCUT2D eigenvalue weighted by Crippen LogP contribution is -2.28. The highest BCUT2D eigenvalue weighted by atomic mass is 16.6. The minimum Gasteiger partial charge on any atom is -0.390 e. The van der Waals surface area contributed by atoms with E-state index in [1.54, 1.807) is 0 Å². The molecule has 1 aromatic rings. The van der Waals surface area contributed by atoms with Crippen LogP contribution in [0.25, 0.3) is 0 Å². The zero-order valence-electron chi connectivity index (χ0n) is 12.4. The lowest BCUT2D eigenvalue weighted by molar-refractivity contribution is -0.0637. The number of nitrogens with zero attached hydrogens (tertiary/aromatic N) is 2. The molecule has 0 amide bonds. The van der Waals surface area contributed by atoms with E-state index < -0.39 is 24.1 Å². The standard InChI is InChI=1S/C15H21N3O4/c1-2-3-4-5-8-21-10-12-11(19)9-14(22-12)18-7-6-13(16)17-15(18)20/h1,6-7,11-12,14,19H,3-5,8-10H2,(H2,16,17,20)/t11-,12+,14+/m0/s1. The van der Waals surface area contributed by atoms with Crippen LogP contribution in [0.5, 0.6) is 0 Å². The van der Waals surface area contributed by atoms with Gasteiger partial charge in [0.05, 0.1) is 12.7 Å². The predicted octanol–water partition coefficient (Wildman–Crippen LogP) is 0.294. The van der Waals surface area contributed by atoms with Crippen molar-refractivity contribution < 1.29 is 14.6 Å². The van der Waals surface area contributed by atoms with E-state index in [1.807, 2.05) is 0 Å². The molecule has 7 nitrogen and oxygen atoms in total. The van der Waals surface area contributed by atoms with Gasteiger partial charge < -0.3 is 20.3 Å². The Morgan fingerprint density at radius 3 is 3.14 bits per heavy atom. The van der Waals surface area contributed by atoms with Crippen molar-refractivity contribution in [3.05, 3.63) is 22.7 Å². The van der Waals surface area contributed by atoms with Crippen LogP contribution in [0.3, 0.4) is 0 Å². The van der Waals surface area contributed by atoms with Gasteiger partial charge in [0.15, 0.2) is 0 Å². The smallest absolute Gasteiger partial charge is 0.351 e. The lowest BCUT2D eigenvalue weighted by Gasteiger charge is -2.16. The fraction of sp³-hybridized carbons (Fsp3) is 0.600. The molecule has 1 aliphatic heterocycles. The number of aromatic nitrogens is 2. The van der Waals surface area contributed by atoms with E-state index in [1.165, 1.54) is 16.8 Å². The number of nitrogens with two attached hydrogens (primary N) is 1. The second-order valence-corrected chi connectivity index (χ2v) is 5.21. The largest absolute Gasteiger partial charge is 0.390 e. The van der Waals surface area contributed by atoms with Crippen molar-refractivity contribution in [3.8, 4) is 12.3 Å². The molecule has 22 heavy (non-hydrogen) atoms. The summed E-state index contributed by atoms with van der Waals surface area (Å²) in [4.78, 5) is 15.4. The van der Waals surface area contributed by atoms with Gasteiger partial charge in [-0.15, -0.1) is 12.3 Å². The maximum absolute atomic E-state index is 11.8. The van der Waals surface area contributed by atoms with E-state index in [0.29, 0.717) is 13.0 Å². The third kappa shape index (κ3) is 4.31. The van der Waals surface area contributed by atoms with Gasteiger partial charge in [0.2, 0.25) is 0 Å². The summed E-state index contributed by atoms with van der Waals surface area (Å²) in [5, 5.41) is 10.0. The highest BCUT2D eigenvalue weighted by Gasteiger charge is 2.35. The van der Waals surface area contributed by atoms with Crippen LogP contribution in [-0.2, 0) is 9.47 Å². The van der Waals surface area contributed by atoms with Crippen molar-refractivity contribution in [2.45, 2.75) is 44.1 Å². The van der Waals surface area contributed by atoms with Gasteiger partial charge in [-0.05, 0) is 18.9 Å². The summed E-state index contributed by atoms with van der Waals surface area (Å²) >= 11 is 0. The fourth-order valence-corrected chi connectivity index (χ4v) is 2.31. The van der Waals surface area contributed by atoms with E-state index >= 15 is 0 Å². The van der Waals surface area contributed by atoms with Crippen LogP contribution in [0, 0.1) is 12.3 Å². The number of anilines is 1. The molecule has 0 radical (unpaired) electrons. The Labute approximate surface area is 129 Å². The second kappa shape index (κ2) is 7.94. The van der Waals surface area contributed by atoms with Crippen molar-refractivity contribution in [1.82, 2.24) is 9.55 Å². The maximum atomic E-state index is 11.8. The van der Waals surface area contributed by atoms with E-state index in [2.05, 4.69) is 10.9 Å².